The predicted molar refractivity (Wildman–Crippen MR) is 69.8 cm³/mol. The van der Waals surface area contributed by atoms with E-state index < -0.39 is 0 Å². The van der Waals surface area contributed by atoms with Crippen LogP contribution in [0.2, 0.25) is 5.02 Å². The Labute approximate surface area is 110 Å². The zero-order chi connectivity index (χ0) is 11.5. The van der Waals surface area contributed by atoms with E-state index >= 15 is 0 Å². The number of ether oxygens (including phenoxy) is 1. The minimum atomic E-state index is 0.376. The maximum atomic E-state index is 6.19. The average molecular weight is 305 g/mol. The molecule has 1 aromatic carbocycles. The maximum Gasteiger partial charge on any atom is 0.0710 e. The van der Waals surface area contributed by atoms with Gasteiger partial charge < -0.3 is 4.74 Å². The summed E-state index contributed by atoms with van der Waals surface area (Å²) in [5.74, 6) is 0. The van der Waals surface area contributed by atoms with Crippen LogP contribution in [-0.4, -0.2) is 31.2 Å². The Hall–Kier alpha value is -0.0900. The lowest BCUT2D eigenvalue weighted by Gasteiger charge is -2.17. The van der Waals surface area contributed by atoms with Crippen molar-refractivity contribution in [1.29, 1.82) is 0 Å². The van der Waals surface area contributed by atoms with Gasteiger partial charge >= 0.3 is 0 Å². The van der Waals surface area contributed by atoms with Crippen LogP contribution in [0.25, 0.3) is 0 Å². The molecule has 0 aromatic heterocycles. The van der Waals surface area contributed by atoms with E-state index in [-0.39, 0.29) is 0 Å². The molecule has 0 aliphatic carbocycles. The number of nitrogens with zero attached hydrogens (tertiary/aromatic N) is 1. The summed E-state index contributed by atoms with van der Waals surface area (Å²) in [6.07, 6.45) is 1.49. The highest BCUT2D eigenvalue weighted by Crippen LogP contribution is 2.27. The SMILES string of the molecule is COC1CCN(Cc2c(Cl)cccc2Br)C1. The highest BCUT2D eigenvalue weighted by atomic mass is 79.9. The van der Waals surface area contributed by atoms with Crippen molar-refractivity contribution in [1.82, 2.24) is 4.90 Å². The minimum absolute atomic E-state index is 0.376. The van der Waals surface area contributed by atoms with E-state index in [1.165, 1.54) is 5.56 Å². The van der Waals surface area contributed by atoms with Crippen LogP contribution in [0.4, 0.5) is 0 Å². The van der Waals surface area contributed by atoms with E-state index in [4.69, 9.17) is 16.3 Å². The molecule has 1 fully saturated rings. The van der Waals surface area contributed by atoms with Crippen molar-refractivity contribution < 1.29 is 4.74 Å². The molecule has 0 N–H and O–H groups in total. The monoisotopic (exact) mass is 303 g/mol. The van der Waals surface area contributed by atoms with Gasteiger partial charge in [-0.2, -0.15) is 0 Å². The lowest BCUT2D eigenvalue weighted by atomic mass is 10.2. The zero-order valence-electron chi connectivity index (χ0n) is 9.25. The molecule has 0 spiro atoms. The highest BCUT2D eigenvalue weighted by molar-refractivity contribution is 9.10. The van der Waals surface area contributed by atoms with Crippen molar-refractivity contribution in [3.05, 3.63) is 33.3 Å². The van der Waals surface area contributed by atoms with Gasteiger partial charge in [0, 0.05) is 36.2 Å². The van der Waals surface area contributed by atoms with E-state index in [9.17, 15) is 0 Å². The van der Waals surface area contributed by atoms with Crippen LogP contribution < -0.4 is 0 Å². The Bertz CT molecular complexity index is 352. The van der Waals surface area contributed by atoms with Crippen LogP contribution in [0.15, 0.2) is 22.7 Å². The largest absolute Gasteiger partial charge is 0.380 e. The molecule has 1 aliphatic heterocycles. The summed E-state index contributed by atoms with van der Waals surface area (Å²) in [6.45, 7) is 2.96. The molecule has 0 saturated carbocycles. The van der Waals surface area contributed by atoms with E-state index in [1.807, 2.05) is 18.2 Å². The van der Waals surface area contributed by atoms with Gasteiger partial charge in [-0.3, -0.25) is 4.90 Å². The molecular weight excluding hydrogens is 289 g/mol. The first-order chi connectivity index (χ1) is 7.70. The molecule has 16 heavy (non-hydrogen) atoms. The fourth-order valence-corrected chi connectivity index (χ4v) is 2.88. The Morgan fingerprint density at radius 3 is 3.00 bits per heavy atom. The molecular formula is C12H15BrClNO. The third-order valence-corrected chi connectivity index (χ3v) is 4.10. The Morgan fingerprint density at radius 2 is 2.38 bits per heavy atom. The normalized spacial score (nSPS) is 21.6. The lowest BCUT2D eigenvalue weighted by Crippen LogP contribution is -2.22. The van der Waals surface area contributed by atoms with Gasteiger partial charge in [-0.1, -0.05) is 33.6 Å². The molecule has 1 atom stereocenters. The third kappa shape index (κ3) is 2.77. The molecule has 88 valence electrons. The van der Waals surface area contributed by atoms with Crippen molar-refractivity contribution in [3.8, 4) is 0 Å². The summed E-state index contributed by atoms with van der Waals surface area (Å²) in [5.41, 5.74) is 1.17. The zero-order valence-corrected chi connectivity index (χ0v) is 11.6. The number of likely N-dealkylation sites (tertiary alicyclic amines) is 1. The molecule has 1 saturated heterocycles. The first kappa shape index (κ1) is 12.4. The van der Waals surface area contributed by atoms with Gasteiger partial charge in [-0.25, -0.2) is 0 Å². The molecule has 2 rings (SSSR count). The maximum absolute atomic E-state index is 6.19. The van der Waals surface area contributed by atoms with Crippen LogP contribution >= 0.6 is 27.5 Å². The summed E-state index contributed by atoms with van der Waals surface area (Å²) in [5, 5.41) is 0.829. The Morgan fingerprint density at radius 1 is 1.56 bits per heavy atom. The van der Waals surface area contributed by atoms with Crippen molar-refractivity contribution in [2.45, 2.75) is 19.1 Å². The van der Waals surface area contributed by atoms with Gasteiger partial charge in [-0.15, -0.1) is 0 Å². The van der Waals surface area contributed by atoms with E-state index in [0.29, 0.717) is 6.10 Å². The van der Waals surface area contributed by atoms with Gasteiger partial charge in [0.25, 0.3) is 0 Å². The molecule has 0 bridgehead atoms. The first-order valence-corrected chi connectivity index (χ1v) is 6.56. The second-order valence-corrected chi connectivity index (χ2v) is 5.34. The molecule has 1 aliphatic rings. The second kappa shape index (κ2) is 5.50. The smallest absolute Gasteiger partial charge is 0.0710 e. The van der Waals surface area contributed by atoms with Gasteiger partial charge in [0.2, 0.25) is 0 Å². The Balaban J connectivity index is 2.04. The van der Waals surface area contributed by atoms with Crippen LogP contribution in [0, 0.1) is 0 Å². The lowest BCUT2D eigenvalue weighted by molar-refractivity contribution is 0.107. The quantitative estimate of drug-likeness (QED) is 0.849. The van der Waals surface area contributed by atoms with E-state index in [0.717, 1.165) is 35.6 Å². The predicted octanol–water partition coefficient (Wildman–Crippen LogP) is 3.32. The van der Waals surface area contributed by atoms with Crippen molar-refractivity contribution in [3.63, 3.8) is 0 Å². The number of hydrogen-bond acceptors (Lipinski definition) is 2. The number of halogens is 2. The second-order valence-electron chi connectivity index (χ2n) is 4.08. The summed E-state index contributed by atoms with van der Waals surface area (Å²) >= 11 is 9.73. The van der Waals surface area contributed by atoms with Crippen LogP contribution in [0.3, 0.4) is 0 Å². The van der Waals surface area contributed by atoms with Gasteiger partial charge in [0.05, 0.1) is 6.10 Å². The fourth-order valence-electron chi connectivity index (χ4n) is 2.04. The standard InChI is InChI=1S/C12H15BrClNO/c1-16-9-5-6-15(7-9)8-10-11(13)3-2-4-12(10)14/h2-4,9H,5-8H2,1H3. The molecule has 0 amide bonds. The van der Waals surface area contributed by atoms with Crippen LogP contribution in [0.1, 0.15) is 12.0 Å². The molecule has 0 radical (unpaired) electrons. The minimum Gasteiger partial charge on any atom is -0.380 e. The first-order valence-electron chi connectivity index (χ1n) is 5.38. The van der Waals surface area contributed by atoms with Crippen LogP contribution in [-0.2, 0) is 11.3 Å². The summed E-state index contributed by atoms with van der Waals surface area (Å²) in [4.78, 5) is 2.38. The molecule has 1 unspecified atom stereocenters. The third-order valence-electron chi connectivity index (χ3n) is 3.01. The molecule has 1 heterocycles. The number of hydrogen-bond donors (Lipinski definition) is 0. The summed E-state index contributed by atoms with van der Waals surface area (Å²) in [7, 11) is 1.78. The van der Waals surface area contributed by atoms with Gasteiger partial charge in [0.15, 0.2) is 0 Å². The van der Waals surface area contributed by atoms with Crippen LogP contribution in [0.5, 0.6) is 0 Å². The number of benzene rings is 1. The van der Waals surface area contributed by atoms with E-state index in [2.05, 4.69) is 20.8 Å². The molecule has 1 aromatic rings. The van der Waals surface area contributed by atoms with Crippen molar-refractivity contribution in [2.24, 2.45) is 0 Å². The number of rotatable bonds is 3. The van der Waals surface area contributed by atoms with Gasteiger partial charge in [0.1, 0.15) is 0 Å². The van der Waals surface area contributed by atoms with Crippen molar-refractivity contribution in [2.75, 3.05) is 20.2 Å². The summed E-state index contributed by atoms with van der Waals surface area (Å²) in [6, 6.07) is 5.93. The van der Waals surface area contributed by atoms with Gasteiger partial charge in [-0.05, 0) is 24.1 Å². The average Bonchev–Trinajstić information content (AvgIpc) is 2.71. The fraction of sp³-hybridized carbons (Fsp3) is 0.500. The van der Waals surface area contributed by atoms with E-state index in [1.54, 1.807) is 7.11 Å². The molecule has 4 heteroatoms. The summed E-state index contributed by atoms with van der Waals surface area (Å²) < 4.78 is 6.44. The topological polar surface area (TPSA) is 12.5 Å². The number of methoxy groups -OCH3 is 1. The highest BCUT2D eigenvalue weighted by Gasteiger charge is 2.22. The molecule has 2 nitrogen and oxygen atoms in total. The van der Waals surface area contributed by atoms with Crippen molar-refractivity contribution >= 4 is 27.5 Å². The Kier molecular flexibility index (Phi) is 4.25.